The van der Waals surface area contributed by atoms with Gasteiger partial charge in [0.05, 0.1) is 0 Å². The normalized spacial score (nSPS) is 12.8. The molecule has 112 valence electrons. The lowest BCUT2D eigenvalue weighted by atomic mass is 10.0. The van der Waals surface area contributed by atoms with E-state index in [0.29, 0.717) is 10.6 Å². The van der Waals surface area contributed by atoms with E-state index >= 15 is 0 Å². The van der Waals surface area contributed by atoms with E-state index in [0.717, 1.165) is 0 Å². The van der Waals surface area contributed by atoms with Crippen LogP contribution < -0.4 is 10.1 Å². The molecule has 7 heteroatoms. The Morgan fingerprint density at radius 3 is 2.60 bits per heavy atom. The Morgan fingerprint density at radius 1 is 1.45 bits per heavy atom. The monoisotopic (exact) mass is 307 g/mol. The molecule has 0 fully saturated rings. The fourth-order valence-corrected chi connectivity index (χ4v) is 1.92. The molecule has 0 aliphatic rings. The van der Waals surface area contributed by atoms with Crippen molar-refractivity contribution in [2.45, 2.75) is 33.0 Å². The van der Waals surface area contributed by atoms with Gasteiger partial charge < -0.3 is 9.84 Å². The van der Waals surface area contributed by atoms with Crippen LogP contribution in [0.4, 0.5) is 8.78 Å². The van der Waals surface area contributed by atoms with E-state index in [1.54, 1.807) is 13.8 Å². The van der Waals surface area contributed by atoms with Crippen LogP contribution in [-0.4, -0.2) is 23.7 Å². The van der Waals surface area contributed by atoms with E-state index in [1.807, 2.05) is 0 Å². The number of rotatable bonds is 7. The Morgan fingerprint density at radius 2 is 2.10 bits per heavy atom. The van der Waals surface area contributed by atoms with Crippen LogP contribution in [-0.2, 0) is 11.3 Å². The smallest absolute Gasteiger partial charge is 0.387 e. The number of carboxylic acid groups (broad SMARTS) is 1. The van der Waals surface area contributed by atoms with Crippen molar-refractivity contribution < 1.29 is 23.4 Å². The van der Waals surface area contributed by atoms with E-state index in [4.69, 9.17) is 16.7 Å². The van der Waals surface area contributed by atoms with Gasteiger partial charge in [0, 0.05) is 17.1 Å². The first-order chi connectivity index (χ1) is 9.31. The van der Waals surface area contributed by atoms with Crippen LogP contribution >= 0.6 is 11.6 Å². The third-order valence-electron chi connectivity index (χ3n) is 2.68. The van der Waals surface area contributed by atoms with Gasteiger partial charge in [-0.05, 0) is 24.1 Å². The summed E-state index contributed by atoms with van der Waals surface area (Å²) in [4.78, 5) is 11.1. The van der Waals surface area contributed by atoms with Gasteiger partial charge in [-0.25, -0.2) is 0 Å². The maximum Gasteiger partial charge on any atom is 0.387 e. The van der Waals surface area contributed by atoms with Crippen molar-refractivity contribution >= 4 is 17.6 Å². The van der Waals surface area contributed by atoms with Gasteiger partial charge in [0.25, 0.3) is 0 Å². The lowest BCUT2D eigenvalue weighted by Crippen LogP contribution is -2.40. The maximum atomic E-state index is 12.3. The Hall–Kier alpha value is -1.40. The van der Waals surface area contributed by atoms with Crippen molar-refractivity contribution in [1.29, 1.82) is 0 Å². The average molecular weight is 308 g/mol. The Bertz CT molecular complexity index is 469. The number of alkyl halides is 2. The molecule has 0 saturated heterocycles. The highest BCUT2D eigenvalue weighted by Gasteiger charge is 2.21. The number of carbonyl (C=O) groups is 1. The standard InChI is InChI=1S/C13H16ClF2NO3/c1-7(2)11(12(18)19)17-6-8-5-9(14)3-4-10(8)20-13(15)16/h3-5,7,11,13,17H,6H2,1-2H3,(H,18,19). The Balaban J connectivity index is 2.84. The fraction of sp³-hybridized carbons (Fsp3) is 0.462. The van der Waals surface area contributed by atoms with Crippen LogP contribution in [0, 0.1) is 5.92 Å². The SMILES string of the molecule is CC(C)C(NCc1cc(Cl)ccc1OC(F)F)C(=O)O. The summed E-state index contributed by atoms with van der Waals surface area (Å²) in [7, 11) is 0. The molecule has 1 atom stereocenters. The lowest BCUT2D eigenvalue weighted by Gasteiger charge is -2.19. The van der Waals surface area contributed by atoms with Crippen LogP contribution in [0.3, 0.4) is 0 Å². The van der Waals surface area contributed by atoms with E-state index in [2.05, 4.69) is 10.1 Å². The minimum atomic E-state index is -2.95. The zero-order valence-electron chi connectivity index (χ0n) is 11.1. The molecule has 0 aliphatic carbocycles. The molecule has 0 radical (unpaired) electrons. The summed E-state index contributed by atoms with van der Waals surface area (Å²) in [6, 6.07) is 3.44. The molecular weight excluding hydrogens is 292 g/mol. The number of hydrogen-bond donors (Lipinski definition) is 2. The van der Waals surface area contributed by atoms with Crippen molar-refractivity contribution in [3.05, 3.63) is 28.8 Å². The first kappa shape index (κ1) is 16.7. The molecule has 0 spiro atoms. The average Bonchev–Trinajstić information content (AvgIpc) is 2.31. The predicted molar refractivity (Wildman–Crippen MR) is 71.2 cm³/mol. The van der Waals surface area contributed by atoms with Gasteiger partial charge in [-0.1, -0.05) is 25.4 Å². The van der Waals surface area contributed by atoms with Crippen LogP contribution in [0.25, 0.3) is 0 Å². The van der Waals surface area contributed by atoms with Gasteiger partial charge >= 0.3 is 12.6 Å². The molecule has 2 N–H and O–H groups in total. The summed E-state index contributed by atoms with van der Waals surface area (Å²) < 4.78 is 28.9. The summed E-state index contributed by atoms with van der Waals surface area (Å²) >= 11 is 5.81. The number of hydrogen-bond acceptors (Lipinski definition) is 3. The summed E-state index contributed by atoms with van der Waals surface area (Å²) in [5.41, 5.74) is 0.379. The van der Waals surface area contributed by atoms with Gasteiger partial charge in [-0.2, -0.15) is 8.78 Å². The molecule has 0 aliphatic heterocycles. The number of carboxylic acids is 1. The van der Waals surface area contributed by atoms with Gasteiger partial charge in [-0.3, -0.25) is 10.1 Å². The van der Waals surface area contributed by atoms with Crippen LogP contribution in [0.15, 0.2) is 18.2 Å². The second-order valence-electron chi connectivity index (χ2n) is 4.57. The summed E-state index contributed by atoms with van der Waals surface area (Å²) in [5.74, 6) is -1.17. The fourth-order valence-electron chi connectivity index (χ4n) is 1.73. The third kappa shape index (κ3) is 4.94. The zero-order valence-corrected chi connectivity index (χ0v) is 11.8. The first-order valence-corrected chi connectivity index (χ1v) is 6.38. The molecule has 0 saturated carbocycles. The van der Waals surface area contributed by atoms with Crippen molar-refractivity contribution in [1.82, 2.24) is 5.32 Å². The molecule has 4 nitrogen and oxygen atoms in total. The van der Waals surface area contributed by atoms with E-state index in [9.17, 15) is 13.6 Å². The summed E-state index contributed by atoms with van der Waals surface area (Å²) in [6.45, 7) is 0.619. The highest BCUT2D eigenvalue weighted by molar-refractivity contribution is 6.30. The number of ether oxygens (including phenoxy) is 1. The highest BCUT2D eigenvalue weighted by atomic mass is 35.5. The molecule has 0 heterocycles. The predicted octanol–water partition coefficient (Wildman–Crippen LogP) is 3.14. The summed E-state index contributed by atoms with van der Waals surface area (Å²) in [6.07, 6.45) is 0. The molecule has 0 amide bonds. The second-order valence-corrected chi connectivity index (χ2v) is 5.01. The molecule has 0 aromatic heterocycles. The van der Waals surface area contributed by atoms with E-state index in [-0.39, 0.29) is 18.2 Å². The number of nitrogens with one attached hydrogen (secondary N) is 1. The highest BCUT2D eigenvalue weighted by Crippen LogP contribution is 2.24. The van der Waals surface area contributed by atoms with Crippen LogP contribution in [0.2, 0.25) is 5.02 Å². The Kier molecular flexibility index (Phi) is 6.16. The van der Waals surface area contributed by atoms with E-state index < -0.39 is 18.6 Å². The topological polar surface area (TPSA) is 58.6 Å². The molecule has 1 rings (SSSR count). The molecular formula is C13H16ClF2NO3. The van der Waals surface area contributed by atoms with Gasteiger partial charge in [0.1, 0.15) is 11.8 Å². The minimum absolute atomic E-state index is 0.0233. The number of halogens is 3. The number of benzene rings is 1. The quantitative estimate of drug-likeness (QED) is 0.812. The van der Waals surface area contributed by atoms with Crippen molar-refractivity contribution in [3.63, 3.8) is 0 Å². The summed E-state index contributed by atoms with van der Waals surface area (Å²) in [5, 5.41) is 12.2. The third-order valence-corrected chi connectivity index (χ3v) is 2.92. The van der Waals surface area contributed by atoms with Crippen molar-refractivity contribution in [3.8, 4) is 5.75 Å². The van der Waals surface area contributed by atoms with Crippen LogP contribution in [0.1, 0.15) is 19.4 Å². The maximum absolute atomic E-state index is 12.3. The first-order valence-electron chi connectivity index (χ1n) is 6.00. The van der Waals surface area contributed by atoms with E-state index in [1.165, 1.54) is 18.2 Å². The molecule has 0 bridgehead atoms. The zero-order chi connectivity index (χ0) is 15.3. The van der Waals surface area contributed by atoms with Crippen molar-refractivity contribution in [2.24, 2.45) is 5.92 Å². The van der Waals surface area contributed by atoms with Gasteiger partial charge in [0.15, 0.2) is 0 Å². The second kappa shape index (κ2) is 7.40. The largest absolute Gasteiger partial charge is 0.480 e. The molecule has 20 heavy (non-hydrogen) atoms. The molecule has 1 aromatic carbocycles. The molecule has 1 unspecified atom stereocenters. The van der Waals surface area contributed by atoms with Crippen LogP contribution in [0.5, 0.6) is 5.75 Å². The molecule has 1 aromatic rings. The van der Waals surface area contributed by atoms with Crippen molar-refractivity contribution in [2.75, 3.05) is 0 Å². The van der Waals surface area contributed by atoms with Gasteiger partial charge in [0.2, 0.25) is 0 Å². The lowest BCUT2D eigenvalue weighted by molar-refractivity contribution is -0.140. The number of aliphatic carboxylic acids is 1. The minimum Gasteiger partial charge on any atom is -0.480 e. The van der Waals surface area contributed by atoms with Gasteiger partial charge in [-0.15, -0.1) is 0 Å². The Labute approximate surface area is 120 Å².